The molecule has 0 fully saturated rings. The molecule has 0 saturated heterocycles. The van der Waals surface area contributed by atoms with E-state index in [0.717, 1.165) is 12.7 Å². The molecule has 0 N–H and O–H groups in total. The number of hydrogen-bond donors (Lipinski definition) is 0. The monoisotopic (exact) mass is 450 g/mol. The molecule has 0 saturated carbocycles. The summed E-state index contributed by atoms with van der Waals surface area (Å²) in [6, 6.07) is 0. The van der Waals surface area contributed by atoms with Crippen LogP contribution in [-0.4, -0.2) is 6.29 Å². The zero-order chi connectivity index (χ0) is 9.78. The molecule has 0 aliphatic heterocycles. The topological polar surface area (TPSA) is 17.1 Å². The molecule has 0 spiro atoms. The molecule has 0 amide bonds. The van der Waals surface area contributed by atoms with Crippen LogP contribution >= 0.6 is 0 Å². The Labute approximate surface area is 82.9 Å². The summed E-state index contributed by atoms with van der Waals surface area (Å²) in [6.07, 6.45) is 14.3. The van der Waals surface area contributed by atoms with Gasteiger partial charge in [0.15, 0.2) is 0 Å². The molecule has 1 nitrogen and oxygen atoms in total. The summed E-state index contributed by atoms with van der Waals surface area (Å²) in [5, 5.41) is 0. The summed E-state index contributed by atoms with van der Waals surface area (Å²) in [6.45, 7) is 2.25. The predicted octanol–water partition coefficient (Wildman–Crippen LogP) is 3.92. The van der Waals surface area contributed by atoms with Crippen LogP contribution in [0.4, 0.5) is 0 Å². The Morgan fingerprint density at radius 1 is 0.929 bits per heavy atom. The fraction of sp³-hybridized carbons (Fsp3) is 0.833. The molecule has 0 radical (unpaired) electrons. The van der Waals surface area contributed by atoms with Crippen molar-refractivity contribution < 1.29 is 4.79 Å². The molecule has 0 bridgehead atoms. The van der Waals surface area contributed by atoms with Gasteiger partial charge in [0.25, 0.3) is 0 Å². The molecule has 0 aliphatic rings. The van der Waals surface area contributed by atoms with Crippen LogP contribution < -0.4 is 0 Å². The zero-order valence-corrected chi connectivity index (χ0v) is 16.0. The van der Waals surface area contributed by atoms with Crippen LogP contribution in [0, 0.1) is 6.42 Å². The fourth-order valence-corrected chi connectivity index (χ4v) is 1.46. The molecular formula is C12H23ORf-. The molecule has 80 valence electrons. The van der Waals surface area contributed by atoms with Gasteiger partial charge in [-0.3, -0.25) is 0 Å². The summed E-state index contributed by atoms with van der Waals surface area (Å²) in [5.74, 6) is 0. The van der Waals surface area contributed by atoms with Crippen molar-refractivity contribution in [2.24, 2.45) is 0 Å². The minimum absolute atomic E-state index is 0. The van der Waals surface area contributed by atoms with E-state index in [9.17, 15) is 4.79 Å². The van der Waals surface area contributed by atoms with E-state index in [1.54, 1.807) is 6.42 Å². The van der Waals surface area contributed by atoms with Gasteiger partial charge in [-0.05, 0) is 6.29 Å². The minimum Gasteiger partial charge on any atom is -0.338 e. The molecular weight excluding hydrogens is 427 g/mol. The van der Waals surface area contributed by atoms with E-state index < -0.39 is 0 Å². The minimum atomic E-state index is 0. The van der Waals surface area contributed by atoms with E-state index in [4.69, 9.17) is 0 Å². The molecule has 0 rings (SSSR count). The normalized spacial score (nSPS) is 9.21. The van der Waals surface area contributed by atoms with Crippen molar-refractivity contribution in [3.63, 3.8) is 0 Å². The SMILES string of the molecule is CCCCCCCCCC[CH-]C=O.[Rf]. The number of unbranched alkanes of at least 4 members (excludes halogenated alkanes) is 9. The first-order valence-corrected chi connectivity index (χ1v) is 5.68. The average molecular weight is 450 g/mol. The first-order chi connectivity index (χ1) is 6.41. The molecule has 14 heavy (non-hydrogen) atoms. The van der Waals surface area contributed by atoms with Gasteiger partial charge in [-0.25, -0.2) is 0 Å². The molecule has 0 heterocycles. The second-order valence-corrected chi connectivity index (χ2v) is 3.64. The van der Waals surface area contributed by atoms with Crippen molar-refractivity contribution in [1.82, 2.24) is 0 Å². The Kier molecular flexibility index (Phi) is 15.1. The van der Waals surface area contributed by atoms with Crippen molar-refractivity contribution in [3.8, 4) is 0 Å². The van der Waals surface area contributed by atoms with E-state index in [-0.39, 0.29) is 0 Å². The Hall–Kier alpha value is -1.46. The van der Waals surface area contributed by atoms with Crippen LogP contribution in [0.3, 0.4) is 0 Å². The van der Waals surface area contributed by atoms with Crippen LogP contribution in [0.25, 0.3) is 0 Å². The fourth-order valence-electron chi connectivity index (χ4n) is 1.46. The van der Waals surface area contributed by atoms with Crippen molar-refractivity contribution >= 4 is 6.29 Å². The Morgan fingerprint density at radius 3 is 1.93 bits per heavy atom. The van der Waals surface area contributed by atoms with Crippen LogP contribution in [0.15, 0.2) is 0 Å². The molecule has 0 unspecified atom stereocenters. The van der Waals surface area contributed by atoms with Crippen LogP contribution in [0.1, 0.15) is 64.7 Å². The van der Waals surface area contributed by atoms with Gasteiger partial charge in [-0.1, -0.05) is 58.3 Å². The van der Waals surface area contributed by atoms with Gasteiger partial charge in [-0.2, -0.15) is 6.42 Å². The summed E-state index contributed by atoms with van der Waals surface area (Å²) < 4.78 is 0. The van der Waals surface area contributed by atoms with E-state index in [2.05, 4.69) is 6.92 Å². The van der Waals surface area contributed by atoms with E-state index in [0.29, 0.717) is 0 Å². The molecule has 0 aromatic rings. The third kappa shape index (κ3) is 13.2. The molecule has 0 aromatic carbocycles. The van der Waals surface area contributed by atoms with E-state index >= 15 is 0 Å². The third-order valence-electron chi connectivity index (χ3n) is 2.32. The Bertz CT molecular complexity index is 104. The van der Waals surface area contributed by atoms with E-state index in [1.807, 2.05) is 0 Å². The number of carbonyl (C=O) groups excluding carboxylic acids is 1. The maximum Gasteiger partial charge on any atom is 0 e. The summed E-state index contributed by atoms with van der Waals surface area (Å²) >= 11 is 0. The van der Waals surface area contributed by atoms with Gasteiger partial charge >= 0.3 is 0 Å². The Morgan fingerprint density at radius 2 is 1.43 bits per heavy atom. The second-order valence-electron chi connectivity index (χ2n) is 3.64. The summed E-state index contributed by atoms with van der Waals surface area (Å²) in [5.41, 5.74) is 0. The van der Waals surface area contributed by atoms with Crippen LogP contribution in [-0.2, 0) is 4.79 Å². The van der Waals surface area contributed by atoms with Gasteiger partial charge in [0.1, 0.15) is 0 Å². The zero-order valence-electron chi connectivity index (χ0n) is 9.63. The number of rotatable bonds is 10. The van der Waals surface area contributed by atoms with Crippen molar-refractivity contribution in [2.45, 2.75) is 64.7 Å². The van der Waals surface area contributed by atoms with Gasteiger partial charge in [0.05, 0.1) is 0 Å². The standard InChI is InChI=1S/C12H23O.Rf/c1-2-3-4-5-6-7-8-9-10-11-12-13;/h11-12H,2-10H2,1H3;/q-1;. The van der Waals surface area contributed by atoms with Gasteiger partial charge in [0.2, 0.25) is 0 Å². The maximum absolute atomic E-state index is 9.96. The first-order valence-electron chi connectivity index (χ1n) is 5.68. The second kappa shape index (κ2) is 14.1. The predicted molar refractivity (Wildman–Crippen MR) is 57.6 cm³/mol. The van der Waals surface area contributed by atoms with Crippen molar-refractivity contribution in [1.29, 1.82) is 0 Å². The quantitative estimate of drug-likeness (QED) is 0.280. The average Bonchev–Trinajstić information content (AvgIpc) is 2.16. The van der Waals surface area contributed by atoms with Crippen molar-refractivity contribution in [2.75, 3.05) is 0 Å². The number of hydrogen-bond acceptors (Lipinski definition) is 1. The molecule has 0 aromatic heterocycles. The summed E-state index contributed by atoms with van der Waals surface area (Å²) in [7, 11) is 0. The van der Waals surface area contributed by atoms with Crippen LogP contribution in [0.5, 0.6) is 0 Å². The number of carbonyl (C=O) groups is 1. The molecule has 0 atom stereocenters. The van der Waals surface area contributed by atoms with Gasteiger partial charge < -0.3 is 11.2 Å². The molecule has 0 aliphatic carbocycles. The smallest absolute Gasteiger partial charge is 0 e. The maximum atomic E-state index is 9.96. The molecule has 2 heteroatoms. The number of aldehydes is 1. The van der Waals surface area contributed by atoms with E-state index in [1.165, 1.54) is 51.4 Å². The van der Waals surface area contributed by atoms with Crippen LogP contribution in [0.2, 0.25) is 0 Å². The third-order valence-corrected chi connectivity index (χ3v) is 2.32. The van der Waals surface area contributed by atoms with Crippen molar-refractivity contribution in [3.05, 3.63) is 6.42 Å². The summed E-state index contributed by atoms with van der Waals surface area (Å²) in [4.78, 5) is 9.96. The van der Waals surface area contributed by atoms with Gasteiger partial charge in [0, 0.05) is 0 Å². The largest absolute Gasteiger partial charge is 0.338 e. The van der Waals surface area contributed by atoms with Gasteiger partial charge in [-0.15, -0.1) is 0 Å². The Balaban J connectivity index is 0. The first kappa shape index (κ1) is 15.0.